The van der Waals surface area contributed by atoms with Crippen LogP contribution in [0.4, 0.5) is 0 Å². The van der Waals surface area contributed by atoms with Gasteiger partial charge in [-0.3, -0.25) is 4.79 Å². The number of carbonyl (C=O) groups is 1. The van der Waals surface area contributed by atoms with Crippen LogP contribution in [0.5, 0.6) is 0 Å². The molecule has 0 spiro atoms. The molecule has 1 rings (SSSR count). The fourth-order valence-corrected chi connectivity index (χ4v) is 2.12. The van der Waals surface area contributed by atoms with E-state index in [2.05, 4.69) is 13.8 Å². The van der Waals surface area contributed by atoms with E-state index in [1.807, 2.05) is 6.92 Å². The zero-order valence-corrected chi connectivity index (χ0v) is 9.64. The quantitative estimate of drug-likeness (QED) is 0.648. The molecular weight excluding hydrogens is 176 g/mol. The number of rotatable bonds is 4. The van der Waals surface area contributed by atoms with Crippen molar-refractivity contribution >= 4 is 5.97 Å². The minimum absolute atomic E-state index is 0.00347. The Bertz CT molecular complexity index is 192. The Balaban J connectivity index is 2.39. The maximum absolute atomic E-state index is 11.7. The predicted octanol–water partition coefficient (Wildman–Crippen LogP) is 3.30. The average molecular weight is 198 g/mol. The molecule has 1 aliphatic rings. The van der Waals surface area contributed by atoms with Gasteiger partial charge in [0.05, 0.1) is 5.92 Å². The number of esters is 1. The Hall–Kier alpha value is -0.530. The lowest BCUT2D eigenvalue weighted by molar-refractivity contribution is -0.162. The number of hydrogen-bond acceptors (Lipinski definition) is 2. The Morgan fingerprint density at radius 2 is 2.00 bits per heavy atom. The Morgan fingerprint density at radius 3 is 2.50 bits per heavy atom. The molecule has 0 aromatic carbocycles. The minimum atomic E-state index is -0.154. The van der Waals surface area contributed by atoms with Crippen LogP contribution in [0.15, 0.2) is 0 Å². The summed E-state index contributed by atoms with van der Waals surface area (Å²) in [5.41, 5.74) is -0.154. The van der Waals surface area contributed by atoms with Crippen LogP contribution in [-0.4, -0.2) is 11.6 Å². The van der Waals surface area contributed by atoms with Crippen molar-refractivity contribution in [3.8, 4) is 0 Å². The Kier molecular flexibility index (Phi) is 3.97. The lowest BCUT2D eigenvalue weighted by Gasteiger charge is -2.25. The highest BCUT2D eigenvalue weighted by Gasteiger charge is 2.33. The van der Waals surface area contributed by atoms with Gasteiger partial charge in [-0.1, -0.05) is 20.3 Å². The summed E-state index contributed by atoms with van der Waals surface area (Å²) >= 11 is 0. The molecule has 0 amide bonds. The van der Waals surface area contributed by atoms with E-state index in [9.17, 15) is 4.79 Å². The van der Waals surface area contributed by atoms with Crippen LogP contribution in [-0.2, 0) is 9.53 Å². The van der Waals surface area contributed by atoms with E-state index in [-0.39, 0.29) is 17.5 Å². The fourth-order valence-electron chi connectivity index (χ4n) is 2.12. The summed E-state index contributed by atoms with van der Waals surface area (Å²) in [7, 11) is 0. The van der Waals surface area contributed by atoms with E-state index in [4.69, 9.17) is 4.74 Å². The van der Waals surface area contributed by atoms with E-state index in [1.54, 1.807) is 0 Å². The van der Waals surface area contributed by atoms with Crippen molar-refractivity contribution in [2.45, 2.75) is 64.9 Å². The summed E-state index contributed by atoms with van der Waals surface area (Å²) in [4.78, 5) is 11.7. The van der Waals surface area contributed by atoms with Crippen molar-refractivity contribution in [2.24, 2.45) is 5.92 Å². The lowest BCUT2D eigenvalue weighted by atomic mass is 10.0. The molecule has 0 N–H and O–H groups in total. The molecule has 0 aromatic heterocycles. The standard InChI is InChI=1S/C12H22O2/c1-4-7-10(2)11(13)14-12(3)8-5-6-9-12/h10H,4-9H2,1-3H3. The molecule has 0 aliphatic heterocycles. The van der Waals surface area contributed by atoms with Crippen LogP contribution >= 0.6 is 0 Å². The highest BCUT2D eigenvalue weighted by atomic mass is 16.6. The number of ether oxygens (including phenoxy) is 1. The Labute approximate surface area is 87.0 Å². The molecule has 0 heterocycles. The van der Waals surface area contributed by atoms with Crippen molar-refractivity contribution in [3.63, 3.8) is 0 Å². The van der Waals surface area contributed by atoms with Gasteiger partial charge in [0.1, 0.15) is 5.60 Å². The van der Waals surface area contributed by atoms with Gasteiger partial charge in [-0.15, -0.1) is 0 Å². The zero-order chi connectivity index (χ0) is 10.6. The molecule has 0 bridgehead atoms. The van der Waals surface area contributed by atoms with Crippen LogP contribution < -0.4 is 0 Å². The molecule has 82 valence electrons. The second-order valence-electron chi connectivity index (χ2n) is 4.77. The molecule has 1 aliphatic carbocycles. The Morgan fingerprint density at radius 1 is 1.43 bits per heavy atom. The summed E-state index contributed by atoms with van der Waals surface area (Å²) in [6.07, 6.45) is 6.47. The van der Waals surface area contributed by atoms with E-state index < -0.39 is 0 Å². The summed E-state index contributed by atoms with van der Waals surface area (Å²) in [5, 5.41) is 0. The molecular formula is C12H22O2. The van der Waals surface area contributed by atoms with Crippen molar-refractivity contribution in [2.75, 3.05) is 0 Å². The summed E-state index contributed by atoms with van der Waals surface area (Å²) in [6.45, 7) is 6.13. The first-order chi connectivity index (χ1) is 6.57. The van der Waals surface area contributed by atoms with Gasteiger partial charge < -0.3 is 4.74 Å². The van der Waals surface area contributed by atoms with Crippen LogP contribution in [0, 0.1) is 5.92 Å². The van der Waals surface area contributed by atoms with Crippen LogP contribution in [0.3, 0.4) is 0 Å². The first kappa shape index (κ1) is 11.5. The van der Waals surface area contributed by atoms with E-state index in [1.165, 1.54) is 12.8 Å². The summed E-state index contributed by atoms with van der Waals surface area (Å²) < 4.78 is 5.57. The largest absolute Gasteiger partial charge is 0.459 e. The second kappa shape index (κ2) is 4.81. The maximum Gasteiger partial charge on any atom is 0.309 e. The van der Waals surface area contributed by atoms with E-state index in [0.29, 0.717) is 0 Å². The SMILES string of the molecule is CCCC(C)C(=O)OC1(C)CCCC1. The van der Waals surface area contributed by atoms with Crippen LogP contribution in [0.25, 0.3) is 0 Å². The molecule has 0 aromatic rings. The van der Waals surface area contributed by atoms with Gasteiger partial charge in [0.2, 0.25) is 0 Å². The van der Waals surface area contributed by atoms with Gasteiger partial charge in [0.15, 0.2) is 0 Å². The molecule has 0 radical (unpaired) electrons. The average Bonchev–Trinajstić information content (AvgIpc) is 2.52. The molecule has 2 nitrogen and oxygen atoms in total. The molecule has 2 heteroatoms. The second-order valence-corrected chi connectivity index (χ2v) is 4.77. The van der Waals surface area contributed by atoms with Gasteiger partial charge in [-0.25, -0.2) is 0 Å². The molecule has 14 heavy (non-hydrogen) atoms. The zero-order valence-electron chi connectivity index (χ0n) is 9.64. The van der Waals surface area contributed by atoms with Crippen molar-refractivity contribution in [3.05, 3.63) is 0 Å². The van der Waals surface area contributed by atoms with Gasteiger partial charge in [0, 0.05) is 0 Å². The fraction of sp³-hybridized carbons (Fsp3) is 0.917. The third-order valence-electron chi connectivity index (χ3n) is 3.13. The monoisotopic (exact) mass is 198 g/mol. The molecule has 0 saturated heterocycles. The van der Waals surface area contributed by atoms with Gasteiger partial charge >= 0.3 is 5.97 Å². The van der Waals surface area contributed by atoms with E-state index >= 15 is 0 Å². The third kappa shape index (κ3) is 3.00. The number of hydrogen-bond donors (Lipinski definition) is 0. The normalized spacial score (nSPS) is 21.9. The summed E-state index contributed by atoms with van der Waals surface area (Å²) in [6, 6.07) is 0. The molecule has 1 saturated carbocycles. The van der Waals surface area contributed by atoms with Gasteiger partial charge in [-0.05, 0) is 39.0 Å². The summed E-state index contributed by atoms with van der Waals surface area (Å²) in [5.74, 6) is 0.0636. The predicted molar refractivity (Wildman–Crippen MR) is 57.0 cm³/mol. The minimum Gasteiger partial charge on any atom is -0.459 e. The maximum atomic E-state index is 11.7. The first-order valence-corrected chi connectivity index (χ1v) is 5.80. The number of carbonyl (C=O) groups excluding carboxylic acids is 1. The van der Waals surface area contributed by atoms with Crippen molar-refractivity contribution in [1.29, 1.82) is 0 Å². The lowest BCUT2D eigenvalue weighted by Crippen LogP contribution is -2.30. The molecule has 1 unspecified atom stereocenters. The van der Waals surface area contributed by atoms with Gasteiger partial charge in [0.25, 0.3) is 0 Å². The third-order valence-corrected chi connectivity index (χ3v) is 3.13. The van der Waals surface area contributed by atoms with Crippen LogP contribution in [0.2, 0.25) is 0 Å². The van der Waals surface area contributed by atoms with Crippen LogP contribution in [0.1, 0.15) is 59.3 Å². The highest BCUT2D eigenvalue weighted by Crippen LogP contribution is 2.33. The molecule has 1 fully saturated rings. The van der Waals surface area contributed by atoms with Crippen molar-refractivity contribution in [1.82, 2.24) is 0 Å². The smallest absolute Gasteiger partial charge is 0.309 e. The van der Waals surface area contributed by atoms with Gasteiger partial charge in [-0.2, -0.15) is 0 Å². The van der Waals surface area contributed by atoms with Crippen molar-refractivity contribution < 1.29 is 9.53 Å². The first-order valence-electron chi connectivity index (χ1n) is 5.80. The van der Waals surface area contributed by atoms with E-state index in [0.717, 1.165) is 25.7 Å². The topological polar surface area (TPSA) is 26.3 Å². The molecule has 1 atom stereocenters. The highest BCUT2D eigenvalue weighted by molar-refractivity contribution is 5.72.